The van der Waals surface area contributed by atoms with Gasteiger partial charge in [-0.05, 0) is 76.7 Å². The van der Waals surface area contributed by atoms with Crippen molar-refractivity contribution in [2.45, 2.75) is 65.0 Å². The number of fused-ring (bicyclic) bond motifs is 1. The Morgan fingerprint density at radius 3 is 2.61 bits per heavy atom. The molecular formula is C25H32N2O4. The molecule has 4 bridgehead atoms. The van der Waals surface area contributed by atoms with Gasteiger partial charge >= 0.3 is 0 Å². The van der Waals surface area contributed by atoms with Gasteiger partial charge in [0.1, 0.15) is 0 Å². The summed E-state index contributed by atoms with van der Waals surface area (Å²) in [5, 5.41) is 3.11. The number of rotatable bonds is 4. The lowest BCUT2D eigenvalue weighted by Gasteiger charge is -2.66. The van der Waals surface area contributed by atoms with Gasteiger partial charge in [-0.15, -0.1) is 0 Å². The van der Waals surface area contributed by atoms with E-state index >= 15 is 0 Å². The maximum Gasteiger partial charge on any atom is 0.231 e. The molecule has 6 nitrogen and oxygen atoms in total. The fraction of sp³-hybridized carbons (Fsp3) is 0.680. The maximum absolute atomic E-state index is 13.5. The first-order valence-corrected chi connectivity index (χ1v) is 11.9. The van der Waals surface area contributed by atoms with E-state index in [9.17, 15) is 9.59 Å². The molecule has 4 saturated carbocycles. The van der Waals surface area contributed by atoms with Crippen molar-refractivity contribution in [2.24, 2.45) is 28.6 Å². The number of benzene rings is 1. The molecule has 2 aliphatic heterocycles. The first-order chi connectivity index (χ1) is 14.9. The van der Waals surface area contributed by atoms with Gasteiger partial charge in [0.2, 0.25) is 18.6 Å². The topological polar surface area (TPSA) is 67.9 Å². The van der Waals surface area contributed by atoms with Crippen LogP contribution in [-0.4, -0.2) is 36.1 Å². The SMILES string of the molecule is CCNC(=O)C12CC3CC(C1)C(N1C(=O)C(C)(C)C1c1cccc4c1OCO4)[C@@H](C3)C2. The number of hydrogen-bond donors (Lipinski definition) is 1. The minimum absolute atomic E-state index is 0.0143. The highest BCUT2D eigenvalue weighted by atomic mass is 16.7. The minimum atomic E-state index is -0.465. The van der Waals surface area contributed by atoms with Gasteiger partial charge in [0, 0.05) is 18.2 Å². The van der Waals surface area contributed by atoms with E-state index in [-0.39, 0.29) is 36.1 Å². The number of β-lactam (4-membered cyclic amide) rings is 1. The number of carbonyl (C=O) groups excluding carboxylic acids is 2. The van der Waals surface area contributed by atoms with E-state index in [0.29, 0.717) is 24.3 Å². The van der Waals surface area contributed by atoms with E-state index in [4.69, 9.17) is 9.47 Å². The molecule has 166 valence electrons. The highest BCUT2D eigenvalue weighted by Gasteiger charge is 2.66. The van der Waals surface area contributed by atoms with Crippen LogP contribution in [0.4, 0.5) is 0 Å². The second kappa shape index (κ2) is 6.39. The largest absolute Gasteiger partial charge is 0.454 e. The molecule has 4 aliphatic carbocycles. The molecule has 6 atom stereocenters. The molecule has 6 aliphatic rings. The van der Waals surface area contributed by atoms with E-state index in [0.717, 1.165) is 49.2 Å². The predicted molar refractivity (Wildman–Crippen MR) is 114 cm³/mol. The van der Waals surface area contributed by atoms with Crippen LogP contribution in [0.3, 0.4) is 0 Å². The van der Waals surface area contributed by atoms with Crippen LogP contribution < -0.4 is 14.8 Å². The minimum Gasteiger partial charge on any atom is -0.454 e. The number of likely N-dealkylation sites (tertiary alicyclic amines) is 1. The maximum atomic E-state index is 13.5. The number of nitrogens with zero attached hydrogens (tertiary/aromatic N) is 1. The molecule has 31 heavy (non-hydrogen) atoms. The van der Waals surface area contributed by atoms with Crippen LogP contribution >= 0.6 is 0 Å². The van der Waals surface area contributed by atoms with Gasteiger partial charge in [-0.2, -0.15) is 0 Å². The van der Waals surface area contributed by atoms with Crippen molar-refractivity contribution < 1.29 is 19.1 Å². The fourth-order valence-corrected chi connectivity index (χ4v) is 7.94. The molecule has 5 fully saturated rings. The lowest BCUT2D eigenvalue weighted by atomic mass is 9.46. The number of para-hydroxylation sites is 1. The highest BCUT2D eigenvalue weighted by molar-refractivity contribution is 5.91. The quantitative estimate of drug-likeness (QED) is 0.749. The lowest BCUT2D eigenvalue weighted by Crippen LogP contribution is -2.71. The molecule has 1 N–H and O–H groups in total. The molecular weight excluding hydrogens is 392 g/mol. The van der Waals surface area contributed by atoms with Gasteiger partial charge in [-0.25, -0.2) is 0 Å². The van der Waals surface area contributed by atoms with Crippen molar-refractivity contribution >= 4 is 11.8 Å². The first-order valence-electron chi connectivity index (χ1n) is 11.9. The van der Waals surface area contributed by atoms with E-state index in [1.807, 2.05) is 19.1 Å². The zero-order chi connectivity index (χ0) is 21.5. The summed E-state index contributed by atoms with van der Waals surface area (Å²) >= 11 is 0. The third kappa shape index (κ3) is 2.50. The van der Waals surface area contributed by atoms with Crippen LogP contribution in [0.2, 0.25) is 0 Å². The molecule has 0 aromatic heterocycles. The van der Waals surface area contributed by atoms with E-state index in [1.165, 1.54) is 0 Å². The highest BCUT2D eigenvalue weighted by Crippen LogP contribution is 2.65. The summed E-state index contributed by atoms with van der Waals surface area (Å²) in [6, 6.07) is 6.23. The normalized spacial score (nSPS) is 38.9. The molecule has 1 aromatic carbocycles. The summed E-state index contributed by atoms with van der Waals surface area (Å²) in [6.45, 7) is 7.03. The number of carbonyl (C=O) groups is 2. The van der Waals surface area contributed by atoms with Gasteiger partial charge in [0.25, 0.3) is 0 Å². The third-order valence-corrected chi connectivity index (χ3v) is 8.83. The Morgan fingerprint density at radius 2 is 1.90 bits per heavy atom. The van der Waals surface area contributed by atoms with Crippen LogP contribution in [0.25, 0.3) is 0 Å². The molecule has 2 amide bonds. The predicted octanol–water partition coefficient (Wildman–Crippen LogP) is 3.66. The van der Waals surface area contributed by atoms with E-state index in [2.05, 4.69) is 30.1 Å². The fourth-order valence-electron chi connectivity index (χ4n) is 7.94. The zero-order valence-electron chi connectivity index (χ0n) is 18.6. The Bertz CT molecular complexity index is 941. The van der Waals surface area contributed by atoms with E-state index in [1.54, 1.807) is 0 Å². The molecule has 5 unspecified atom stereocenters. The average molecular weight is 425 g/mol. The molecule has 0 spiro atoms. The van der Waals surface area contributed by atoms with E-state index < -0.39 is 5.41 Å². The lowest BCUT2D eigenvalue weighted by molar-refractivity contribution is -0.199. The standard InChI is InChI=1S/C25H32N2O4/c1-4-26-22(28)25-10-14-8-15(11-25)19(16(9-14)12-25)27-21(24(2,3)23(27)29)17-6-5-7-18-20(17)31-13-30-18/h5-7,14-16,19,21H,4,8-13H2,1-3H3,(H,26,28)/t14?,15-,16?,19?,21?,25?/m0/s1. The van der Waals surface area contributed by atoms with Crippen molar-refractivity contribution in [2.75, 3.05) is 13.3 Å². The van der Waals surface area contributed by atoms with Gasteiger partial charge in [0.05, 0.1) is 16.9 Å². The molecule has 6 heteroatoms. The summed E-state index contributed by atoms with van der Waals surface area (Å²) in [5.74, 6) is 3.48. The third-order valence-electron chi connectivity index (χ3n) is 8.83. The summed E-state index contributed by atoms with van der Waals surface area (Å²) in [4.78, 5) is 28.7. The molecule has 2 heterocycles. The van der Waals surface area contributed by atoms with Crippen molar-refractivity contribution in [3.8, 4) is 11.5 Å². The Labute approximate surface area is 183 Å². The first kappa shape index (κ1) is 19.4. The Hall–Kier alpha value is -2.24. The number of ether oxygens (including phenoxy) is 2. The Morgan fingerprint density at radius 1 is 1.16 bits per heavy atom. The van der Waals surface area contributed by atoms with Crippen molar-refractivity contribution in [3.63, 3.8) is 0 Å². The zero-order valence-corrected chi connectivity index (χ0v) is 18.6. The van der Waals surface area contributed by atoms with Gasteiger partial charge < -0.3 is 19.7 Å². The van der Waals surface area contributed by atoms with Crippen molar-refractivity contribution in [1.82, 2.24) is 10.2 Å². The molecule has 0 radical (unpaired) electrons. The van der Waals surface area contributed by atoms with Crippen LogP contribution in [0.5, 0.6) is 11.5 Å². The summed E-state index contributed by atoms with van der Waals surface area (Å²) in [6.07, 6.45) is 5.15. The monoisotopic (exact) mass is 424 g/mol. The second-order valence-electron chi connectivity index (χ2n) is 11.0. The number of hydrogen-bond acceptors (Lipinski definition) is 4. The van der Waals surface area contributed by atoms with Crippen LogP contribution in [0.1, 0.15) is 64.5 Å². The summed E-state index contributed by atoms with van der Waals surface area (Å²) in [5.41, 5.74) is 0.381. The number of nitrogens with one attached hydrogen (secondary N) is 1. The van der Waals surface area contributed by atoms with Crippen molar-refractivity contribution in [3.05, 3.63) is 23.8 Å². The summed E-state index contributed by atoms with van der Waals surface area (Å²) < 4.78 is 11.5. The average Bonchev–Trinajstić information content (AvgIpc) is 3.21. The second-order valence-corrected chi connectivity index (χ2v) is 11.0. The molecule has 1 aromatic rings. The van der Waals surface area contributed by atoms with Gasteiger partial charge in [-0.3, -0.25) is 9.59 Å². The molecule has 7 rings (SSSR count). The molecule has 1 saturated heterocycles. The van der Waals surface area contributed by atoms with Crippen LogP contribution in [0.15, 0.2) is 18.2 Å². The van der Waals surface area contributed by atoms with Crippen molar-refractivity contribution in [1.29, 1.82) is 0 Å². The summed E-state index contributed by atoms with van der Waals surface area (Å²) in [7, 11) is 0. The van der Waals surface area contributed by atoms with Crippen LogP contribution in [0, 0.1) is 28.6 Å². The number of amides is 2. The van der Waals surface area contributed by atoms with Crippen LogP contribution in [-0.2, 0) is 9.59 Å². The van der Waals surface area contributed by atoms with Gasteiger partial charge in [0.15, 0.2) is 11.5 Å². The van der Waals surface area contributed by atoms with Gasteiger partial charge in [-0.1, -0.05) is 12.1 Å². The Kier molecular flexibility index (Phi) is 4.01. The smallest absolute Gasteiger partial charge is 0.231 e. The Balaban J connectivity index is 1.35.